The maximum absolute atomic E-state index is 4.38. The standard InChI is InChI=1S/C16H29N3S/c1-3-9-14-16(20-19-18-14)15(17-12-4-2)13-10-7-5-6-8-11-13/h13,15,17H,3-12H2,1-2H3. The summed E-state index contributed by atoms with van der Waals surface area (Å²) in [4.78, 5) is 1.42. The minimum Gasteiger partial charge on any atom is -0.309 e. The average Bonchev–Trinajstić information content (AvgIpc) is 2.75. The fraction of sp³-hybridized carbons (Fsp3) is 0.875. The van der Waals surface area contributed by atoms with E-state index in [1.807, 2.05) is 0 Å². The van der Waals surface area contributed by atoms with Crippen molar-refractivity contribution in [2.24, 2.45) is 5.92 Å². The molecule has 0 aliphatic heterocycles. The fourth-order valence-corrected chi connectivity index (χ4v) is 4.14. The normalized spacial score (nSPS) is 18.9. The highest BCUT2D eigenvalue weighted by Crippen LogP contribution is 2.36. The number of nitrogens with one attached hydrogen (secondary N) is 1. The van der Waals surface area contributed by atoms with Crippen molar-refractivity contribution in [2.75, 3.05) is 6.54 Å². The van der Waals surface area contributed by atoms with Gasteiger partial charge >= 0.3 is 0 Å². The van der Waals surface area contributed by atoms with Gasteiger partial charge in [0.25, 0.3) is 0 Å². The molecule has 114 valence electrons. The van der Waals surface area contributed by atoms with Crippen LogP contribution in [0.1, 0.15) is 81.8 Å². The number of hydrogen-bond acceptors (Lipinski definition) is 4. The van der Waals surface area contributed by atoms with Crippen molar-refractivity contribution in [3.63, 3.8) is 0 Å². The monoisotopic (exact) mass is 295 g/mol. The second-order valence-corrected chi connectivity index (χ2v) is 6.80. The summed E-state index contributed by atoms with van der Waals surface area (Å²) in [5.41, 5.74) is 1.25. The van der Waals surface area contributed by atoms with Crippen LogP contribution in [-0.2, 0) is 6.42 Å². The van der Waals surface area contributed by atoms with Gasteiger partial charge in [0.15, 0.2) is 0 Å². The second kappa shape index (κ2) is 8.73. The summed E-state index contributed by atoms with van der Waals surface area (Å²) < 4.78 is 4.24. The predicted octanol–water partition coefficient (Wildman–Crippen LogP) is 4.50. The summed E-state index contributed by atoms with van der Waals surface area (Å²) in [7, 11) is 0. The van der Waals surface area contributed by atoms with Crippen molar-refractivity contribution in [3.8, 4) is 0 Å². The van der Waals surface area contributed by atoms with Crippen molar-refractivity contribution in [2.45, 2.75) is 77.7 Å². The van der Waals surface area contributed by atoms with Crippen molar-refractivity contribution >= 4 is 11.5 Å². The molecule has 0 radical (unpaired) electrons. The van der Waals surface area contributed by atoms with E-state index in [-0.39, 0.29) is 0 Å². The van der Waals surface area contributed by atoms with Gasteiger partial charge in [0.1, 0.15) is 0 Å². The molecule has 1 unspecified atom stereocenters. The van der Waals surface area contributed by atoms with Gasteiger partial charge in [-0.25, -0.2) is 0 Å². The molecule has 1 atom stereocenters. The number of aromatic nitrogens is 2. The minimum absolute atomic E-state index is 0.495. The van der Waals surface area contributed by atoms with Crippen molar-refractivity contribution < 1.29 is 0 Å². The molecule has 3 nitrogen and oxygen atoms in total. The van der Waals surface area contributed by atoms with Gasteiger partial charge in [-0.05, 0) is 49.7 Å². The van der Waals surface area contributed by atoms with E-state index in [1.165, 1.54) is 55.5 Å². The maximum Gasteiger partial charge on any atom is 0.0803 e. The van der Waals surface area contributed by atoms with Crippen LogP contribution in [0.15, 0.2) is 0 Å². The highest BCUT2D eigenvalue weighted by molar-refractivity contribution is 7.05. The van der Waals surface area contributed by atoms with E-state index in [0.717, 1.165) is 25.3 Å². The van der Waals surface area contributed by atoms with Gasteiger partial charge in [0.2, 0.25) is 0 Å². The van der Waals surface area contributed by atoms with Crippen LogP contribution >= 0.6 is 11.5 Å². The third-order valence-electron chi connectivity index (χ3n) is 4.34. The minimum atomic E-state index is 0.495. The molecule has 1 aliphatic rings. The molecule has 1 heterocycles. The molecule has 4 heteroatoms. The van der Waals surface area contributed by atoms with E-state index in [4.69, 9.17) is 0 Å². The molecule has 20 heavy (non-hydrogen) atoms. The molecule has 1 saturated carbocycles. The first-order chi connectivity index (χ1) is 9.86. The van der Waals surface area contributed by atoms with Crippen LogP contribution in [0.25, 0.3) is 0 Å². The number of hydrogen-bond donors (Lipinski definition) is 1. The lowest BCUT2D eigenvalue weighted by atomic mass is 9.89. The predicted molar refractivity (Wildman–Crippen MR) is 86.1 cm³/mol. The van der Waals surface area contributed by atoms with Crippen LogP contribution in [0.5, 0.6) is 0 Å². The van der Waals surface area contributed by atoms with Gasteiger partial charge in [-0.2, -0.15) is 0 Å². The van der Waals surface area contributed by atoms with Crippen LogP contribution in [0.3, 0.4) is 0 Å². The summed E-state index contributed by atoms with van der Waals surface area (Å²) in [6, 6.07) is 0.495. The molecular formula is C16H29N3S. The Balaban J connectivity index is 2.14. The summed E-state index contributed by atoms with van der Waals surface area (Å²) in [6.07, 6.45) is 11.8. The highest BCUT2D eigenvalue weighted by atomic mass is 32.1. The van der Waals surface area contributed by atoms with Crippen molar-refractivity contribution in [1.29, 1.82) is 0 Å². The van der Waals surface area contributed by atoms with Crippen LogP contribution in [0.4, 0.5) is 0 Å². The molecule has 2 rings (SSSR count). The van der Waals surface area contributed by atoms with Gasteiger partial charge in [-0.15, -0.1) is 5.10 Å². The highest BCUT2D eigenvalue weighted by Gasteiger charge is 2.27. The van der Waals surface area contributed by atoms with Gasteiger partial charge in [0, 0.05) is 6.04 Å². The Labute approximate surface area is 127 Å². The molecule has 0 saturated heterocycles. The Morgan fingerprint density at radius 2 is 1.90 bits per heavy atom. The zero-order valence-electron chi connectivity index (χ0n) is 13.0. The molecule has 0 amide bonds. The number of aryl methyl sites for hydroxylation is 1. The fourth-order valence-electron chi connectivity index (χ4n) is 3.28. The van der Waals surface area contributed by atoms with Crippen molar-refractivity contribution in [3.05, 3.63) is 10.6 Å². The van der Waals surface area contributed by atoms with Gasteiger partial charge < -0.3 is 5.32 Å². The largest absolute Gasteiger partial charge is 0.309 e. The first-order valence-corrected chi connectivity index (χ1v) is 9.18. The lowest BCUT2D eigenvalue weighted by Gasteiger charge is -2.26. The quantitative estimate of drug-likeness (QED) is 0.753. The van der Waals surface area contributed by atoms with Gasteiger partial charge in [-0.3, -0.25) is 0 Å². The van der Waals surface area contributed by atoms with Crippen LogP contribution in [0, 0.1) is 5.92 Å². The average molecular weight is 295 g/mol. The smallest absolute Gasteiger partial charge is 0.0803 e. The molecule has 1 aromatic heterocycles. The third-order valence-corrected chi connectivity index (χ3v) is 5.19. The molecule has 0 bridgehead atoms. The van der Waals surface area contributed by atoms with Crippen LogP contribution in [-0.4, -0.2) is 16.1 Å². The zero-order valence-corrected chi connectivity index (χ0v) is 13.8. The zero-order chi connectivity index (χ0) is 14.2. The lowest BCUT2D eigenvalue weighted by molar-refractivity contribution is 0.328. The Kier molecular flexibility index (Phi) is 6.94. The molecule has 1 aliphatic carbocycles. The summed E-state index contributed by atoms with van der Waals surface area (Å²) in [5.74, 6) is 0.780. The van der Waals surface area contributed by atoms with Crippen LogP contribution < -0.4 is 5.32 Å². The Bertz CT molecular complexity index is 370. The second-order valence-electron chi connectivity index (χ2n) is 6.02. The summed E-state index contributed by atoms with van der Waals surface area (Å²) >= 11 is 1.62. The van der Waals surface area contributed by atoms with Crippen molar-refractivity contribution in [1.82, 2.24) is 14.9 Å². The Morgan fingerprint density at radius 1 is 1.15 bits per heavy atom. The Hall–Kier alpha value is -0.480. The molecular weight excluding hydrogens is 266 g/mol. The van der Waals surface area contributed by atoms with E-state index in [2.05, 4.69) is 28.8 Å². The maximum atomic E-state index is 4.38. The first kappa shape index (κ1) is 15.9. The number of nitrogens with zero attached hydrogens (tertiary/aromatic N) is 2. The first-order valence-electron chi connectivity index (χ1n) is 8.41. The number of rotatable bonds is 7. The van der Waals surface area contributed by atoms with E-state index in [0.29, 0.717) is 6.04 Å². The molecule has 1 aromatic rings. The molecule has 0 aromatic carbocycles. The molecule has 1 N–H and O–H groups in total. The van der Waals surface area contributed by atoms with E-state index < -0.39 is 0 Å². The topological polar surface area (TPSA) is 37.8 Å². The molecule has 0 spiro atoms. The summed E-state index contributed by atoms with van der Waals surface area (Å²) in [6.45, 7) is 5.57. The van der Waals surface area contributed by atoms with Gasteiger partial charge in [0.05, 0.1) is 10.6 Å². The summed E-state index contributed by atoms with van der Waals surface area (Å²) in [5, 5.41) is 8.18. The SMILES string of the molecule is CCCNC(c1snnc1CCC)C1CCCCCC1. The lowest BCUT2D eigenvalue weighted by Crippen LogP contribution is -2.29. The van der Waals surface area contributed by atoms with E-state index in [9.17, 15) is 0 Å². The van der Waals surface area contributed by atoms with Gasteiger partial charge in [-0.1, -0.05) is 50.4 Å². The third kappa shape index (κ3) is 4.26. The van der Waals surface area contributed by atoms with Crippen LogP contribution in [0.2, 0.25) is 0 Å². The van der Waals surface area contributed by atoms with E-state index >= 15 is 0 Å². The molecule has 1 fully saturated rings. The Morgan fingerprint density at radius 3 is 2.55 bits per heavy atom. The van der Waals surface area contributed by atoms with E-state index in [1.54, 1.807) is 11.5 Å².